The Morgan fingerprint density at radius 2 is 1.93 bits per heavy atom. The van der Waals surface area contributed by atoms with Gasteiger partial charge in [0.05, 0.1) is 16.2 Å². The highest BCUT2D eigenvalue weighted by atomic mass is 127. The number of nitrogens with one attached hydrogen (secondary N) is 2. The van der Waals surface area contributed by atoms with Crippen LogP contribution in [0.5, 0.6) is 0 Å². The molecule has 2 aromatic rings. The predicted octanol–water partition coefficient (Wildman–Crippen LogP) is 4.68. The molecule has 12 heteroatoms. The largest absolute Gasteiger partial charge is 0.478 e. The number of nitro benzene ring substituents is 1. The van der Waals surface area contributed by atoms with E-state index in [2.05, 4.69) is 10.6 Å². The van der Waals surface area contributed by atoms with Crippen LogP contribution in [0.15, 0.2) is 36.4 Å². The Balaban J connectivity index is 2.10. The molecule has 3 N–H and O–H groups in total. The fourth-order valence-electron chi connectivity index (χ4n) is 2.11. The van der Waals surface area contributed by atoms with Gasteiger partial charge in [-0.05, 0) is 87.2 Å². The smallest absolute Gasteiger partial charge is 0.337 e. The van der Waals surface area contributed by atoms with Gasteiger partial charge in [-0.25, -0.2) is 4.79 Å². The zero-order valence-electron chi connectivity index (χ0n) is 14.1. The van der Waals surface area contributed by atoms with Gasteiger partial charge >= 0.3 is 5.97 Å². The lowest BCUT2D eigenvalue weighted by Gasteiger charge is -2.13. The van der Waals surface area contributed by atoms with Gasteiger partial charge in [-0.1, -0.05) is 17.7 Å². The Kier molecular flexibility index (Phi) is 8.30. The van der Waals surface area contributed by atoms with Gasteiger partial charge in [-0.3, -0.25) is 20.2 Å². The Morgan fingerprint density at radius 1 is 1.24 bits per heavy atom. The van der Waals surface area contributed by atoms with Crippen LogP contribution in [-0.2, 0) is 4.79 Å². The first-order valence-corrected chi connectivity index (χ1v) is 10.5. The van der Waals surface area contributed by atoms with Crippen LogP contribution in [0.1, 0.15) is 15.9 Å². The number of carbonyl (C=O) groups excluding carboxylic acids is 1. The number of hydrogen-bond acceptors (Lipinski definition) is 5. The Labute approximate surface area is 202 Å². The number of hydrogen-bond donors (Lipinski definition) is 3. The van der Waals surface area contributed by atoms with Crippen molar-refractivity contribution < 1.29 is 19.6 Å². The highest BCUT2D eigenvalue weighted by Crippen LogP contribution is 2.27. The van der Waals surface area contributed by atoms with Crippen molar-refractivity contribution in [3.63, 3.8) is 0 Å². The molecule has 0 aliphatic carbocycles. The molecule has 0 unspecified atom stereocenters. The number of carbonyl (C=O) groups is 2. The van der Waals surface area contributed by atoms with Crippen molar-refractivity contribution in [1.29, 1.82) is 0 Å². The molecule has 0 aromatic heterocycles. The fraction of sp³-hybridized carbons (Fsp3) is 0. The SMILES string of the molecule is O=C(C=Cc1ccc(Cl)c([N+](=O)[O-])c1)NC(=S)Nc1c(I)cc(I)cc1C(=O)O. The van der Waals surface area contributed by atoms with E-state index in [9.17, 15) is 24.8 Å². The maximum absolute atomic E-state index is 12.1. The molecule has 0 aliphatic rings. The van der Waals surface area contributed by atoms with E-state index in [1.807, 2.05) is 45.2 Å². The lowest BCUT2D eigenvalue weighted by atomic mass is 10.2. The van der Waals surface area contributed by atoms with Crippen LogP contribution in [0.4, 0.5) is 11.4 Å². The van der Waals surface area contributed by atoms with E-state index in [1.54, 1.807) is 6.07 Å². The molecule has 0 radical (unpaired) electrons. The highest BCUT2D eigenvalue weighted by molar-refractivity contribution is 14.1. The lowest BCUT2D eigenvalue weighted by Crippen LogP contribution is -2.33. The van der Waals surface area contributed by atoms with Crippen molar-refractivity contribution >= 4 is 103 Å². The zero-order valence-corrected chi connectivity index (χ0v) is 20.0. The summed E-state index contributed by atoms with van der Waals surface area (Å²) in [5, 5.41) is 25.3. The second kappa shape index (κ2) is 10.3. The van der Waals surface area contributed by atoms with E-state index in [-0.39, 0.29) is 27.1 Å². The predicted molar refractivity (Wildman–Crippen MR) is 130 cm³/mol. The first-order valence-electron chi connectivity index (χ1n) is 7.55. The van der Waals surface area contributed by atoms with Gasteiger partial charge in [0.25, 0.3) is 5.69 Å². The summed E-state index contributed by atoms with van der Waals surface area (Å²) >= 11 is 14.8. The van der Waals surface area contributed by atoms with Gasteiger partial charge in [0.15, 0.2) is 5.11 Å². The maximum Gasteiger partial charge on any atom is 0.337 e. The molecule has 2 rings (SSSR count). The quantitative estimate of drug-likeness (QED) is 0.140. The van der Waals surface area contributed by atoms with Crippen LogP contribution in [0, 0.1) is 17.3 Å². The van der Waals surface area contributed by atoms with Crippen LogP contribution >= 0.6 is 69.0 Å². The molecular weight excluding hydrogens is 648 g/mol. The number of amides is 1. The number of thiocarbonyl (C=S) groups is 1. The second-order valence-electron chi connectivity index (χ2n) is 5.36. The Bertz CT molecular complexity index is 1060. The van der Waals surface area contributed by atoms with Gasteiger partial charge < -0.3 is 10.4 Å². The summed E-state index contributed by atoms with van der Waals surface area (Å²) in [6.45, 7) is 0. The molecule has 29 heavy (non-hydrogen) atoms. The van der Waals surface area contributed by atoms with Gasteiger partial charge in [-0.2, -0.15) is 0 Å². The maximum atomic E-state index is 12.1. The number of anilines is 1. The van der Waals surface area contributed by atoms with Gasteiger partial charge in [0.1, 0.15) is 5.02 Å². The van der Waals surface area contributed by atoms with E-state index >= 15 is 0 Å². The van der Waals surface area contributed by atoms with Crippen molar-refractivity contribution in [2.24, 2.45) is 0 Å². The fourth-order valence-corrected chi connectivity index (χ4v) is 4.48. The van der Waals surface area contributed by atoms with Crippen molar-refractivity contribution in [2.45, 2.75) is 0 Å². The minimum atomic E-state index is -1.14. The monoisotopic (exact) mass is 657 g/mol. The van der Waals surface area contributed by atoms with Crippen LogP contribution < -0.4 is 10.6 Å². The van der Waals surface area contributed by atoms with Crippen molar-refractivity contribution in [3.8, 4) is 0 Å². The Morgan fingerprint density at radius 3 is 2.55 bits per heavy atom. The van der Waals surface area contributed by atoms with Crippen molar-refractivity contribution in [2.75, 3.05) is 5.32 Å². The molecule has 0 bridgehead atoms. The highest BCUT2D eigenvalue weighted by Gasteiger charge is 2.16. The molecule has 1 amide bonds. The normalized spacial score (nSPS) is 10.6. The standard InChI is InChI=1S/C17H10ClI2N3O5S/c18-11-3-1-8(5-13(11)23(27)28)2-4-14(24)21-17(29)22-15-10(16(25)26)6-9(19)7-12(15)20/h1-7H,(H,25,26)(H2,21,22,24,29). The van der Waals surface area contributed by atoms with Gasteiger partial charge in [0.2, 0.25) is 5.91 Å². The summed E-state index contributed by atoms with van der Waals surface area (Å²) in [6, 6.07) is 7.34. The summed E-state index contributed by atoms with van der Waals surface area (Å²) in [6.07, 6.45) is 2.50. The summed E-state index contributed by atoms with van der Waals surface area (Å²) < 4.78 is 1.36. The minimum Gasteiger partial charge on any atom is -0.478 e. The summed E-state index contributed by atoms with van der Waals surface area (Å²) in [5.74, 6) is -1.74. The molecule has 0 fully saturated rings. The van der Waals surface area contributed by atoms with Gasteiger partial charge in [0, 0.05) is 19.3 Å². The number of benzene rings is 2. The van der Waals surface area contributed by atoms with E-state index in [0.717, 1.165) is 9.65 Å². The molecule has 2 aromatic carbocycles. The average Bonchev–Trinajstić information content (AvgIpc) is 2.62. The first kappa shape index (κ1) is 23.4. The number of carboxylic acids is 1. The second-order valence-corrected chi connectivity index (χ2v) is 8.58. The number of nitro groups is 1. The van der Waals surface area contributed by atoms with Crippen LogP contribution in [0.2, 0.25) is 5.02 Å². The molecular formula is C17H10ClI2N3O5S. The number of aromatic carboxylic acids is 1. The summed E-state index contributed by atoms with van der Waals surface area (Å²) in [7, 11) is 0. The van der Waals surface area contributed by atoms with E-state index < -0.39 is 16.8 Å². The number of rotatable bonds is 5. The topological polar surface area (TPSA) is 122 Å². The molecule has 0 heterocycles. The molecule has 150 valence electrons. The molecule has 0 saturated carbocycles. The molecule has 0 aliphatic heterocycles. The molecule has 0 spiro atoms. The molecule has 0 saturated heterocycles. The summed E-state index contributed by atoms with van der Waals surface area (Å²) in [4.78, 5) is 33.8. The average molecular weight is 658 g/mol. The summed E-state index contributed by atoms with van der Waals surface area (Å²) in [5.41, 5.74) is 0.402. The third kappa shape index (κ3) is 6.58. The van der Waals surface area contributed by atoms with E-state index in [4.69, 9.17) is 23.8 Å². The number of halogens is 3. The van der Waals surface area contributed by atoms with Crippen LogP contribution in [0.25, 0.3) is 6.08 Å². The third-order valence-electron chi connectivity index (χ3n) is 3.35. The molecule has 8 nitrogen and oxygen atoms in total. The number of carboxylic acid groups (broad SMARTS) is 1. The van der Waals surface area contributed by atoms with E-state index in [1.165, 1.54) is 30.3 Å². The minimum absolute atomic E-state index is 0.0108. The van der Waals surface area contributed by atoms with E-state index in [0.29, 0.717) is 9.13 Å². The molecule has 0 atom stereocenters. The Hall–Kier alpha value is -1.84. The van der Waals surface area contributed by atoms with Gasteiger partial charge in [-0.15, -0.1) is 0 Å². The zero-order chi connectivity index (χ0) is 21.7. The first-order chi connectivity index (χ1) is 13.6. The van der Waals surface area contributed by atoms with Crippen LogP contribution in [-0.4, -0.2) is 27.0 Å². The lowest BCUT2D eigenvalue weighted by molar-refractivity contribution is -0.384. The van der Waals surface area contributed by atoms with Crippen LogP contribution in [0.3, 0.4) is 0 Å². The number of nitrogens with zero attached hydrogens (tertiary/aromatic N) is 1. The van der Waals surface area contributed by atoms with Crippen molar-refractivity contribution in [1.82, 2.24) is 5.32 Å². The van der Waals surface area contributed by atoms with Crippen molar-refractivity contribution in [3.05, 3.63) is 69.8 Å². The third-order valence-corrected chi connectivity index (χ3v) is 5.35.